The minimum atomic E-state index is -0.460. The van der Waals surface area contributed by atoms with Crippen molar-refractivity contribution in [2.45, 2.75) is 25.4 Å². The zero-order chi connectivity index (χ0) is 17.2. The zero-order valence-electron chi connectivity index (χ0n) is 14.2. The minimum absolute atomic E-state index is 0.212. The third kappa shape index (κ3) is 3.71. The molecule has 0 atom stereocenters. The Morgan fingerprint density at radius 2 is 1.84 bits per heavy atom. The summed E-state index contributed by atoms with van der Waals surface area (Å²) >= 11 is 0. The van der Waals surface area contributed by atoms with E-state index in [1.165, 1.54) is 0 Å². The molecular formula is C18H23N3O4. The molecule has 1 aliphatic carbocycles. The number of amides is 2. The van der Waals surface area contributed by atoms with Gasteiger partial charge < -0.3 is 19.7 Å². The summed E-state index contributed by atoms with van der Waals surface area (Å²) in [5.74, 6) is 0.768. The van der Waals surface area contributed by atoms with Crippen LogP contribution in [-0.4, -0.2) is 67.0 Å². The summed E-state index contributed by atoms with van der Waals surface area (Å²) in [5, 5.41) is 2.76. The lowest BCUT2D eigenvalue weighted by Crippen LogP contribution is -2.52. The van der Waals surface area contributed by atoms with Gasteiger partial charge in [-0.25, -0.2) is 0 Å². The van der Waals surface area contributed by atoms with Gasteiger partial charge in [-0.15, -0.1) is 0 Å². The van der Waals surface area contributed by atoms with Crippen molar-refractivity contribution in [1.29, 1.82) is 0 Å². The summed E-state index contributed by atoms with van der Waals surface area (Å²) in [5.41, 5.74) is 1.10. The molecular weight excluding hydrogens is 322 g/mol. The molecule has 2 heterocycles. The molecule has 2 aliphatic heterocycles. The predicted octanol–water partition coefficient (Wildman–Crippen LogP) is 0.381. The van der Waals surface area contributed by atoms with Crippen molar-refractivity contribution in [2.75, 3.05) is 39.4 Å². The normalized spacial score (nSPS) is 20.2. The Morgan fingerprint density at radius 1 is 1.08 bits per heavy atom. The zero-order valence-corrected chi connectivity index (χ0v) is 14.2. The Balaban J connectivity index is 1.32. The molecule has 0 radical (unpaired) electrons. The monoisotopic (exact) mass is 345 g/mol. The molecule has 3 aliphatic rings. The van der Waals surface area contributed by atoms with Gasteiger partial charge in [-0.1, -0.05) is 12.1 Å². The summed E-state index contributed by atoms with van der Waals surface area (Å²) in [6, 6.07) is 6.16. The number of benzene rings is 1. The van der Waals surface area contributed by atoms with Crippen molar-refractivity contribution in [1.82, 2.24) is 15.1 Å². The van der Waals surface area contributed by atoms with Crippen molar-refractivity contribution < 1.29 is 19.1 Å². The number of hydrogen-bond acceptors (Lipinski definition) is 5. The summed E-state index contributed by atoms with van der Waals surface area (Å²) in [4.78, 5) is 28.0. The number of para-hydroxylation sites is 1. The molecule has 1 saturated carbocycles. The molecule has 1 aromatic rings. The molecule has 7 heteroatoms. The highest BCUT2D eigenvalue weighted by molar-refractivity contribution is 6.35. The molecule has 0 unspecified atom stereocenters. The van der Waals surface area contributed by atoms with Gasteiger partial charge >= 0.3 is 11.8 Å². The van der Waals surface area contributed by atoms with E-state index in [9.17, 15) is 9.59 Å². The molecule has 1 N–H and O–H groups in total. The first-order chi connectivity index (χ1) is 12.2. The second-order valence-electron chi connectivity index (χ2n) is 6.76. The quantitative estimate of drug-likeness (QED) is 0.802. The fourth-order valence-corrected chi connectivity index (χ4v) is 3.23. The van der Waals surface area contributed by atoms with Gasteiger partial charge in [0.2, 0.25) is 0 Å². The van der Waals surface area contributed by atoms with Crippen molar-refractivity contribution in [2.24, 2.45) is 0 Å². The van der Waals surface area contributed by atoms with Crippen LogP contribution >= 0.6 is 0 Å². The van der Waals surface area contributed by atoms with E-state index < -0.39 is 11.8 Å². The number of carbonyl (C=O) groups is 2. The van der Waals surface area contributed by atoms with Crippen LogP contribution in [0.2, 0.25) is 0 Å². The molecule has 0 aromatic heterocycles. The van der Waals surface area contributed by atoms with E-state index in [1.807, 2.05) is 18.2 Å². The Hall–Kier alpha value is -2.28. The van der Waals surface area contributed by atoms with Gasteiger partial charge in [0.15, 0.2) is 11.5 Å². The third-order valence-corrected chi connectivity index (χ3v) is 4.81. The van der Waals surface area contributed by atoms with Gasteiger partial charge in [0.25, 0.3) is 0 Å². The van der Waals surface area contributed by atoms with Gasteiger partial charge in [-0.05, 0) is 18.9 Å². The summed E-state index contributed by atoms with van der Waals surface area (Å²) in [6.45, 7) is 4.54. The average molecular weight is 345 g/mol. The highest BCUT2D eigenvalue weighted by Gasteiger charge is 2.31. The van der Waals surface area contributed by atoms with Crippen LogP contribution in [0.3, 0.4) is 0 Å². The molecule has 4 rings (SSSR count). The Kier molecular flexibility index (Phi) is 4.48. The highest BCUT2D eigenvalue weighted by atomic mass is 16.6. The second kappa shape index (κ2) is 6.92. The van der Waals surface area contributed by atoms with Crippen LogP contribution in [0.1, 0.15) is 18.4 Å². The molecule has 0 bridgehead atoms. The van der Waals surface area contributed by atoms with Crippen LogP contribution in [0, 0.1) is 0 Å². The topological polar surface area (TPSA) is 71.1 Å². The average Bonchev–Trinajstić information content (AvgIpc) is 3.46. The largest absolute Gasteiger partial charge is 0.486 e. The predicted molar refractivity (Wildman–Crippen MR) is 90.5 cm³/mol. The standard InChI is InChI=1S/C18H23N3O4/c22-17(19-14-4-5-14)18(23)21-8-6-20(7-9-21)12-13-2-1-3-15-16(13)25-11-10-24-15/h1-3,14H,4-12H2,(H,19,22). The molecule has 0 spiro atoms. The lowest BCUT2D eigenvalue weighted by molar-refractivity contribution is -0.147. The van der Waals surface area contributed by atoms with Crippen molar-refractivity contribution in [3.05, 3.63) is 23.8 Å². The Morgan fingerprint density at radius 3 is 2.60 bits per heavy atom. The number of fused-ring (bicyclic) bond motifs is 1. The van der Waals surface area contributed by atoms with Crippen LogP contribution in [-0.2, 0) is 16.1 Å². The van der Waals surface area contributed by atoms with Crippen LogP contribution in [0.25, 0.3) is 0 Å². The first kappa shape index (κ1) is 16.2. The highest BCUT2D eigenvalue weighted by Crippen LogP contribution is 2.34. The van der Waals surface area contributed by atoms with Crippen molar-refractivity contribution in [3.8, 4) is 11.5 Å². The summed E-state index contributed by atoms with van der Waals surface area (Å²) in [7, 11) is 0. The van der Waals surface area contributed by atoms with Gasteiger partial charge in [0.05, 0.1) is 0 Å². The number of nitrogens with zero attached hydrogens (tertiary/aromatic N) is 2. The van der Waals surface area contributed by atoms with E-state index >= 15 is 0 Å². The maximum absolute atomic E-state index is 12.2. The Labute approximate surface area is 146 Å². The third-order valence-electron chi connectivity index (χ3n) is 4.81. The molecule has 7 nitrogen and oxygen atoms in total. The maximum atomic E-state index is 12.2. The van der Waals surface area contributed by atoms with Gasteiger partial charge in [0.1, 0.15) is 13.2 Å². The smallest absolute Gasteiger partial charge is 0.311 e. The van der Waals surface area contributed by atoms with Crippen molar-refractivity contribution in [3.63, 3.8) is 0 Å². The lowest BCUT2D eigenvalue weighted by Gasteiger charge is -2.34. The van der Waals surface area contributed by atoms with Gasteiger partial charge in [-0.3, -0.25) is 14.5 Å². The summed E-state index contributed by atoms with van der Waals surface area (Å²) in [6.07, 6.45) is 1.97. The van der Waals surface area contributed by atoms with E-state index in [2.05, 4.69) is 10.2 Å². The van der Waals surface area contributed by atoms with E-state index in [4.69, 9.17) is 9.47 Å². The molecule has 1 aromatic carbocycles. The first-order valence-electron chi connectivity index (χ1n) is 8.90. The number of ether oxygens (including phenoxy) is 2. The SMILES string of the molecule is O=C(NC1CC1)C(=O)N1CCN(Cc2cccc3c2OCCO3)CC1. The minimum Gasteiger partial charge on any atom is -0.486 e. The van der Waals surface area contributed by atoms with Crippen LogP contribution in [0.5, 0.6) is 11.5 Å². The van der Waals surface area contributed by atoms with Crippen LogP contribution in [0.15, 0.2) is 18.2 Å². The van der Waals surface area contributed by atoms with Crippen LogP contribution < -0.4 is 14.8 Å². The van der Waals surface area contributed by atoms with E-state index in [-0.39, 0.29) is 6.04 Å². The van der Waals surface area contributed by atoms with E-state index in [1.54, 1.807) is 4.90 Å². The second-order valence-corrected chi connectivity index (χ2v) is 6.76. The number of rotatable bonds is 3. The van der Waals surface area contributed by atoms with Gasteiger partial charge in [-0.2, -0.15) is 0 Å². The number of piperazine rings is 1. The number of hydrogen-bond donors (Lipinski definition) is 1. The lowest BCUT2D eigenvalue weighted by atomic mass is 10.1. The molecule has 134 valence electrons. The maximum Gasteiger partial charge on any atom is 0.311 e. The molecule has 25 heavy (non-hydrogen) atoms. The number of carbonyl (C=O) groups excluding carboxylic acids is 2. The molecule has 1 saturated heterocycles. The summed E-state index contributed by atoms with van der Waals surface area (Å²) < 4.78 is 11.4. The van der Waals surface area contributed by atoms with E-state index in [0.717, 1.165) is 49.5 Å². The molecule has 2 amide bonds. The van der Waals surface area contributed by atoms with Crippen molar-refractivity contribution >= 4 is 11.8 Å². The number of nitrogens with one attached hydrogen (secondary N) is 1. The van der Waals surface area contributed by atoms with E-state index in [0.29, 0.717) is 26.3 Å². The first-order valence-corrected chi connectivity index (χ1v) is 8.90. The fourth-order valence-electron chi connectivity index (χ4n) is 3.23. The van der Waals surface area contributed by atoms with Crippen LogP contribution in [0.4, 0.5) is 0 Å². The Bertz CT molecular complexity index is 666. The van der Waals surface area contributed by atoms with Gasteiger partial charge in [0, 0.05) is 44.3 Å². The molecule has 2 fully saturated rings. The fraction of sp³-hybridized carbons (Fsp3) is 0.556.